The van der Waals surface area contributed by atoms with Crippen molar-refractivity contribution in [1.82, 2.24) is 10.2 Å². The molecule has 2 aliphatic heterocycles. The fourth-order valence-electron chi connectivity index (χ4n) is 3.12. The van der Waals surface area contributed by atoms with Crippen LogP contribution in [0.4, 0.5) is 8.78 Å². The molecule has 0 aliphatic carbocycles. The SMILES string of the molecule is CC(C)C1CCCN(C(=O)C2CC(F)(F)CN2)CC1.Cl. The number of nitrogens with zero attached hydrogens (tertiary/aromatic N) is 1. The van der Waals surface area contributed by atoms with Crippen molar-refractivity contribution in [3.63, 3.8) is 0 Å². The molecule has 0 aromatic rings. The summed E-state index contributed by atoms with van der Waals surface area (Å²) in [6, 6.07) is -0.689. The van der Waals surface area contributed by atoms with Crippen LogP contribution in [0.5, 0.6) is 0 Å². The van der Waals surface area contributed by atoms with Crippen molar-refractivity contribution in [2.45, 2.75) is 51.5 Å². The maximum atomic E-state index is 13.1. The third-order valence-electron chi connectivity index (χ3n) is 4.44. The maximum absolute atomic E-state index is 13.1. The molecule has 2 aliphatic rings. The van der Waals surface area contributed by atoms with Gasteiger partial charge in [-0.2, -0.15) is 0 Å². The minimum absolute atomic E-state index is 0. The zero-order valence-electron chi connectivity index (χ0n) is 12.2. The smallest absolute Gasteiger partial charge is 0.262 e. The van der Waals surface area contributed by atoms with Gasteiger partial charge in [0.15, 0.2) is 0 Å². The number of nitrogens with one attached hydrogen (secondary N) is 1. The van der Waals surface area contributed by atoms with E-state index in [1.54, 1.807) is 4.90 Å². The lowest BCUT2D eigenvalue weighted by molar-refractivity contribution is -0.133. The molecule has 2 heterocycles. The largest absolute Gasteiger partial charge is 0.341 e. The molecular formula is C14H25ClF2N2O. The summed E-state index contributed by atoms with van der Waals surface area (Å²) in [6.45, 7) is 5.48. The Morgan fingerprint density at radius 2 is 2.00 bits per heavy atom. The van der Waals surface area contributed by atoms with E-state index in [2.05, 4.69) is 19.2 Å². The van der Waals surface area contributed by atoms with E-state index in [-0.39, 0.29) is 31.3 Å². The number of halogens is 3. The molecule has 0 aromatic heterocycles. The average Bonchev–Trinajstić information content (AvgIpc) is 2.57. The van der Waals surface area contributed by atoms with Gasteiger partial charge in [0, 0.05) is 19.5 Å². The second kappa shape index (κ2) is 7.03. The fourth-order valence-corrected chi connectivity index (χ4v) is 3.12. The van der Waals surface area contributed by atoms with Crippen molar-refractivity contribution in [1.29, 1.82) is 0 Å². The van der Waals surface area contributed by atoms with Crippen molar-refractivity contribution in [2.75, 3.05) is 19.6 Å². The third kappa shape index (κ3) is 4.29. The molecule has 3 nitrogen and oxygen atoms in total. The highest BCUT2D eigenvalue weighted by Crippen LogP contribution is 2.28. The Balaban J connectivity index is 0.00000200. The lowest BCUT2D eigenvalue weighted by atomic mass is 9.89. The van der Waals surface area contributed by atoms with E-state index in [4.69, 9.17) is 0 Å². The molecule has 118 valence electrons. The fraction of sp³-hybridized carbons (Fsp3) is 0.929. The van der Waals surface area contributed by atoms with Crippen molar-refractivity contribution >= 4 is 18.3 Å². The average molecular weight is 311 g/mol. The van der Waals surface area contributed by atoms with Crippen LogP contribution in [0.1, 0.15) is 39.5 Å². The molecule has 2 unspecified atom stereocenters. The number of carbonyl (C=O) groups excluding carboxylic acids is 1. The summed E-state index contributed by atoms with van der Waals surface area (Å²) in [5, 5.41) is 2.66. The first-order valence-electron chi connectivity index (χ1n) is 7.29. The number of alkyl halides is 2. The number of likely N-dealkylation sites (tertiary alicyclic amines) is 1. The number of amides is 1. The van der Waals surface area contributed by atoms with Crippen molar-refractivity contribution in [3.8, 4) is 0 Å². The summed E-state index contributed by atoms with van der Waals surface area (Å²) in [5.74, 6) is -1.59. The highest BCUT2D eigenvalue weighted by Gasteiger charge is 2.43. The molecule has 2 rings (SSSR count). The van der Waals surface area contributed by atoms with Gasteiger partial charge in [-0.25, -0.2) is 8.78 Å². The van der Waals surface area contributed by atoms with E-state index in [0.717, 1.165) is 19.3 Å². The summed E-state index contributed by atoms with van der Waals surface area (Å²) >= 11 is 0. The standard InChI is InChI=1S/C14H24F2N2O.ClH/c1-10(2)11-4-3-6-18(7-5-11)13(19)12-8-14(15,16)9-17-12;/h10-12,17H,3-9H2,1-2H3;1H. The van der Waals surface area contributed by atoms with Gasteiger partial charge in [-0.1, -0.05) is 13.8 Å². The molecule has 0 spiro atoms. The normalized spacial score (nSPS) is 29.9. The minimum Gasteiger partial charge on any atom is -0.341 e. The quantitative estimate of drug-likeness (QED) is 0.850. The van der Waals surface area contributed by atoms with E-state index >= 15 is 0 Å². The Morgan fingerprint density at radius 3 is 2.55 bits per heavy atom. The third-order valence-corrected chi connectivity index (χ3v) is 4.44. The van der Waals surface area contributed by atoms with Gasteiger partial charge >= 0.3 is 0 Å². The van der Waals surface area contributed by atoms with E-state index in [0.29, 0.717) is 24.9 Å². The van der Waals surface area contributed by atoms with Crippen LogP contribution >= 0.6 is 12.4 Å². The van der Waals surface area contributed by atoms with Gasteiger partial charge in [0.25, 0.3) is 5.92 Å². The van der Waals surface area contributed by atoms with Gasteiger partial charge in [-0.15, -0.1) is 12.4 Å². The molecule has 2 fully saturated rings. The second-order valence-corrected chi connectivity index (χ2v) is 6.25. The zero-order chi connectivity index (χ0) is 14.0. The molecule has 1 amide bonds. The lowest BCUT2D eigenvalue weighted by Crippen LogP contribution is -2.44. The molecule has 2 atom stereocenters. The van der Waals surface area contributed by atoms with Gasteiger partial charge in [0.05, 0.1) is 12.6 Å². The van der Waals surface area contributed by atoms with Crippen LogP contribution in [0.3, 0.4) is 0 Å². The van der Waals surface area contributed by atoms with E-state index < -0.39 is 12.0 Å². The first kappa shape index (κ1) is 17.6. The Labute approximate surface area is 125 Å². The minimum atomic E-state index is -2.73. The lowest BCUT2D eigenvalue weighted by Gasteiger charge is -2.24. The van der Waals surface area contributed by atoms with Crippen LogP contribution in [-0.2, 0) is 4.79 Å². The van der Waals surface area contributed by atoms with Crippen molar-refractivity contribution in [2.24, 2.45) is 11.8 Å². The Bertz CT molecular complexity index is 339. The van der Waals surface area contributed by atoms with Crippen molar-refractivity contribution < 1.29 is 13.6 Å². The molecule has 1 N–H and O–H groups in total. The van der Waals surface area contributed by atoms with Gasteiger partial charge < -0.3 is 4.90 Å². The predicted octanol–water partition coefficient (Wildman–Crippen LogP) is 2.69. The molecule has 0 aromatic carbocycles. The second-order valence-electron chi connectivity index (χ2n) is 6.25. The summed E-state index contributed by atoms with van der Waals surface area (Å²) in [4.78, 5) is 14.0. The monoisotopic (exact) mass is 310 g/mol. The molecule has 6 heteroatoms. The predicted molar refractivity (Wildman–Crippen MR) is 77.4 cm³/mol. The van der Waals surface area contributed by atoms with Gasteiger partial charge in [-0.3, -0.25) is 10.1 Å². The first-order chi connectivity index (χ1) is 8.89. The first-order valence-corrected chi connectivity index (χ1v) is 7.29. The molecule has 2 saturated heterocycles. The van der Waals surface area contributed by atoms with Crippen LogP contribution in [-0.4, -0.2) is 42.4 Å². The summed E-state index contributed by atoms with van der Waals surface area (Å²) < 4.78 is 26.3. The van der Waals surface area contributed by atoms with Crippen LogP contribution in [0.25, 0.3) is 0 Å². The van der Waals surface area contributed by atoms with Gasteiger partial charge in [0.2, 0.25) is 5.91 Å². The molecular weight excluding hydrogens is 286 g/mol. The number of hydrogen-bond acceptors (Lipinski definition) is 2. The Morgan fingerprint density at radius 1 is 1.30 bits per heavy atom. The highest BCUT2D eigenvalue weighted by atomic mass is 35.5. The van der Waals surface area contributed by atoms with Gasteiger partial charge in [0.1, 0.15) is 0 Å². The highest BCUT2D eigenvalue weighted by molar-refractivity contribution is 5.85. The molecule has 20 heavy (non-hydrogen) atoms. The van der Waals surface area contributed by atoms with Gasteiger partial charge in [-0.05, 0) is 31.1 Å². The van der Waals surface area contributed by atoms with E-state index in [1.807, 2.05) is 0 Å². The summed E-state index contributed by atoms with van der Waals surface area (Å²) in [6.07, 6.45) is 2.76. The number of carbonyl (C=O) groups is 1. The molecule has 0 saturated carbocycles. The Hall–Kier alpha value is -0.420. The number of rotatable bonds is 2. The molecule has 0 radical (unpaired) electrons. The summed E-state index contributed by atoms with van der Waals surface area (Å²) in [7, 11) is 0. The topological polar surface area (TPSA) is 32.3 Å². The number of hydrogen-bond donors (Lipinski definition) is 1. The van der Waals surface area contributed by atoms with Crippen LogP contribution in [0.2, 0.25) is 0 Å². The maximum Gasteiger partial charge on any atom is 0.262 e. The van der Waals surface area contributed by atoms with Crippen LogP contribution < -0.4 is 5.32 Å². The zero-order valence-corrected chi connectivity index (χ0v) is 13.0. The summed E-state index contributed by atoms with van der Waals surface area (Å²) in [5.41, 5.74) is 0. The van der Waals surface area contributed by atoms with Crippen LogP contribution in [0.15, 0.2) is 0 Å². The van der Waals surface area contributed by atoms with Crippen molar-refractivity contribution in [3.05, 3.63) is 0 Å². The van der Waals surface area contributed by atoms with E-state index in [9.17, 15) is 13.6 Å². The molecule has 0 bridgehead atoms. The van der Waals surface area contributed by atoms with E-state index in [1.165, 1.54) is 0 Å². The van der Waals surface area contributed by atoms with Crippen LogP contribution in [0, 0.1) is 11.8 Å². The Kier molecular flexibility index (Phi) is 6.20.